The summed E-state index contributed by atoms with van der Waals surface area (Å²) in [6, 6.07) is 9.96. The van der Waals surface area contributed by atoms with Gasteiger partial charge in [0.25, 0.3) is 0 Å². The minimum atomic E-state index is 0.352. The van der Waals surface area contributed by atoms with Crippen LogP contribution in [0.3, 0.4) is 0 Å². The molecule has 0 aliphatic carbocycles. The van der Waals surface area contributed by atoms with E-state index < -0.39 is 0 Å². The van der Waals surface area contributed by atoms with Crippen molar-refractivity contribution in [3.05, 3.63) is 30.3 Å². The highest BCUT2D eigenvalue weighted by atomic mass is 16.5. The highest BCUT2D eigenvalue weighted by Gasteiger charge is 2.15. The molecule has 1 aromatic carbocycles. The number of morpholine rings is 1. The fraction of sp³-hybridized carbons (Fsp3) is 0.538. The normalized spacial score (nSPS) is 21.9. The first-order valence-electron chi connectivity index (χ1n) is 5.86. The van der Waals surface area contributed by atoms with Crippen LogP contribution >= 0.6 is 0 Å². The lowest BCUT2D eigenvalue weighted by atomic mass is 10.3. The van der Waals surface area contributed by atoms with Crippen LogP contribution in [-0.4, -0.2) is 43.9 Å². The smallest absolute Gasteiger partial charge is 0.119 e. The van der Waals surface area contributed by atoms with Crippen molar-refractivity contribution in [3.63, 3.8) is 0 Å². The molecule has 16 heavy (non-hydrogen) atoms. The molecule has 0 radical (unpaired) electrons. The molecule has 88 valence electrons. The van der Waals surface area contributed by atoms with Crippen LogP contribution in [0.1, 0.15) is 6.92 Å². The van der Waals surface area contributed by atoms with E-state index in [1.165, 1.54) is 0 Å². The van der Waals surface area contributed by atoms with Crippen molar-refractivity contribution in [2.75, 3.05) is 32.8 Å². The third kappa shape index (κ3) is 3.51. The Hall–Kier alpha value is -1.06. The summed E-state index contributed by atoms with van der Waals surface area (Å²) < 4.78 is 11.2. The first kappa shape index (κ1) is 11.4. The van der Waals surface area contributed by atoms with E-state index in [1.807, 2.05) is 30.3 Å². The quantitative estimate of drug-likeness (QED) is 0.773. The number of hydrogen-bond acceptors (Lipinski definition) is 3. The second-order valence-electron chi connectivity index (χ2n) is 4.14. The van der Waals surface area contributed by atoms with Gasteiger partial charge in [-0.05, 0) is 19.1 Å². The molecule has 0 saturated carbocycles. The summed E-state index contributed by atoms with van der Waals surface area (Å²) in [5.41, 5.74) is 0. The third-order valence-electron chi connectivity index (χ3n) is 2.74. The maximum Gasteiger partial charge on any atom is 0.119 e. The lowest BCUT2D eigenvalue weighted by Gasteiger charge is -2.30. The molecule has 3 heteroatoms. The van der Waals surface area contributed by atoms with Gasteiger partial charge in [0, 0.05) is 19.6 Å². The summed E-state index contributed by atoms with van der Waals surface area (Å²) in [6.45, 7) is 6.71. The molecule has 1 saturated heterocycles. The number of benzene rings is 1. The van der Waals surface area contributed by atoms with Crippen LogP contribution in [0.2, 0.25) is 0 Å². The van der Waals surface area contributed by atoms with Crippen molar-refractivity contribution in [2.24, 2.45) is 0 Å². The lowest BCUT2D eigenvalue weighted by molar-refractivity contribution is -0.0214. The van der Waals surface area contributed by atoms with Gasteiger partial charge in [0.15, 0.2) is 0 Å². The van der Waals surface area contributed by atoms with Gasteiger partial charge in [-0.1, -0.05) is 18.2 Å². The number of hydrogen-bond donors (Lipinski definition) is 0. The van der Waals surface area contributed by atoms with Crippen LogP contribution in [0.25, 0.3) is 0 Å². The Labute approximate surface area is 97.0 Å². The highest BCUT2D eigenvalue weighted by Crippen LogP contribution is 2.09. The molecule has 1 fully saturated rings. The maximum atomic E-state index is 5.66. The van der Waals surface area contributed by atoms with E-state index in [-0.39, 0.29) is 0 Å². The fourth-order valence-corrected chi connectivity index (χ4v) is 1.90. The number of nitrogens with zero attached hydrogens (tertiary/aromatic N) is 1. The van der Waals surface area contributed by atoms with E-state index in [0.29, 0.717) is 6.10 Å². The summed E-state index contributed by atoms with van der Waals surface area (Å²) in [5, 5.41) is 0. The predicted molar refractivity (Wildman–Crippen MR) is 63.8 cm³/mol. The van der Waals surface area contributed by atoms with Crippen LogP contribution in [0, 0.1) is 0 Å². The molecule has 0 bridgehead atoms. The average molecular weight is 221 g/mol. The van der Waals surface area contributed by atoms with Gasteiger partial charge in [-0.2, -0.15) is 0 Å². The zero-order valence-corrected chi connectivity index (χ0v) is 9.76. The van der Waals surface area contributed by atoms with Gasteiger partial charge in [-0.15, -0.1) is 0 Å². The monoisotopic (exact) mass is 221 g/mol. The Bertz CT molecular complexity index is 302. The topological polar surface area (TPSA) is 21.7 Å². The Balaban J connectivity index is 1.68. The van der Waals surface area contributed by atoms with E-state index >= 15 is 0 Å². The maximum absolute atomic E-state index is 5.66. The van der Waals surface area contributed by atoms with Crippen molar-refractivity contribution >= 4 is 0 Å². The standard InChI is InChI=1S/C13H19NO2/c1-12-11-14(7-9-15-12)8-10-16-13-5-3-2-4-6-13/h2-6,12H,7-11H2,1H3/t12-/m0/s1. The molecular weight excluding hydrogens is 202 g/mol. The first-order chi connectivity index (χ1) is 7.84. The van der Waals surface area contributed by atoms with Crippen molar-refractivity contribution in [2.45, 2.75) is 13.0 Å². The molecule has 3 nitrogen and oxygen atoms in total. The molecule has 1 aromatic rings. The molecule has 0 unspecified atom stereocenters. The third-order valence-corrected chi connectivity index (χ3v) is 2.74. The van der Waals surface area contributed by atoms with E-state index in [2.05, 4.69) is 11.8 Å². The molecule has 2 rings (SSSR count). The van der Waals surface area contributed by atoms with Crippen LogP contribution in [0.4, 0.5) is 0 Å². The van der Waals surface area contributed by atoms with Gasteiger partial charge >= 0.3 is 0 Å². The molecular formula is C13H19NO2. The molecule has 0 amide bonds. The SMILES string of the molecule is C[C@H]1CN(CCOc2ccccc2)CCO1. The lowest BCUT2D eigenvalue weighted by Crippen LogP contribution is -2.42. The Morgan fingerprint density at radius 1 is 1.38 bits per heavy atom. The highest BCUT2D eigenvalue weighted by molar-refractivity contribution is 5.20. The molecule has 0 aromatic heterocycles. The number of para-hydroxylation sites is 1. The van der Waals surface area contributed by atoms with Gasteiger partial charge in [-0.3, -0.25) is 4.90 Å². The molecule has 1 heterocycles. The van der Waals surface area contributed by atoms with Crippen molar-refractivity contribution < 1.29 is 9.47 Å². The molecule has 1 atom stereocenters. The number of ether oxygens (including phenoxy) is 2. The van der Waals surface area contributed by atoms with Gasteiger partial charge in [0.1, 0.15) is 12.4 Å². The van der Waals surface area contributed by atoms with Crippen LogP contribution in [-0.2, 0) is 4.74 Å². The van der Waals surface area contributed by atoms with Crippen LogP contribution in [0.15, 0.2) is 30.3 Å². The summed E-state index contributed by atoms with van der Waals surface area (Å²) in [4.78, 5) is 2.39. The fourth-order valence-electron chi connectivity index (χ4n) is 1.90. The molecule has 0 N–H and O–H groups in total. The Morgan fingerprint density at radius 2 is 2.19 bits per heavy atom. The summed E-state index contributed by atoms with van der Waals surface area (Å²) >= 11 is 0. The number of rotatable bonds is 4. The van der Waals surface area contributed by atoms with E-state index in [9.17, 15) is 0 Å². The van der Waals surface area contributed by atoms with Crippen LogP contribution in [0.5, 0.6) is 5.75 Å². The second kappa shape index (κ2) is 5.87. The first-order valence-corrected chi connectivity index (χ1v) is 5.86. The van der Waals surface area contributed by atoms with E-state index in [4.69, 9.17) is 9.47 Å². The van der Waals surface area contributed by atoms with Crippen molar-refractivity contribution in [1.29, 1.82) is 0 Å². The largest absolute Gasteiger partial charge is 0.492 e. The summed E-state index contributed by atoms with van der Waals surface area (Å²) in [5.74, 6) is 0.948. The van der Waals surface area contributed by atoms with Crippen molar-refractivity contribution in [1.82, 2.24) is 4.90 Å². The Morgan fingerprint density at radius 3 is 2.94 bits per heavy atom. The second-order valence-corrected chi connectivity index (χ2v) is 4.14. The minimum Gasteiger partial charge on any atom is -0.492 e. The van der Waals surface area contributed by atoms with Gasteiger partial charge in [0.2, 0.25) is 0 Å². The molecule has 0 spiro atoms. The minimum absolute atomic E-state index is 0.352. The summed E-state index contributed by atoms with van der Waals surface area (Å²) in [7, 11) is 0. The Kier molecular flexibility index (Phi) is 4.19. The van der Waals surface area contributed by atoms with E-state index in [1.54, 1.807) is 0 Å². The average Bonchev–Trinajstić information content (AvgIpc) is 2.30. The van der Waals surface area contributed by atoms with Gasteiger partial charge in [-0.25, -0.2) is 0 Å². The molecule has 1 aliphatic heterocycles. The zero-order valence-electron chi connectivity index (χ0n) is 9.76. The predicted octanol–water partition coefficient (Wildman–Crippen LogP) is 1.79. The summed E-state index contributed by atoms with van der Waals surface area (Å²) in [6.07, 6.45) is 0.352. The zero-order chi connectivity index (χ0) is 11.2. The molecule has 1 aliphatic rings. The van der Waals surface area contributed by atoms with E-state index in [0.717, 1.165) is 38.6 Å². The van der Waals surface area contributed by atoms with Crippen molar-refractivity contribution in [3.8, 4) is 5.75 Å². The van der Waals surface area contributed by atoms with Gasteiger partial charge < -0.3 is 9.47 Å². The van der Waals surface area contributed by atoms with Gasteiger partial charge in [0.05, 0.1) is 12.7 Å². The van der Waals surface area contributed by atoms with Crippen LogP contribution < -0.4 is 4.74 Å².